The van der Waals surface area contributed by atoms with Gasteiger partial charge in [-0.2, -0.15) is 0 Å². The molecule has 1 saturated heterocycles. The number of amides is 1. The van der Waals surface area contributed by atoms with Gasteiger partial charge < -0.3 is 14.7 Å². The molecule has 0 bridgehead atoms. The Bertz CT molecular complexity index is 531. The molecule has 0 unspecified atom stereocenters. The second-order valence-corrected chi connectivity index (χ2v) is 5.21. The number of carboxylic acid groups (broad SMARTS) is 1. The predicted octanol–water partition coefficient (Wildman–Crippen LogP) is 1.74. The maximum atomic E-state index is 12.6. The first-order valence-electron chi connectivity index (χ1n) is 7.57. The fourth-order valence-corrected chi connectivity index (χ4v) is 2.52. The third-order valence-electron chi connectivity index (χ3n) is 3.72. The van der Waals surface area contributed by atoms with Crippen LogP contribution in [-0.4, -0.2) is 66.1 Å². The van der Waals surface area contributed by atoms with Gasteiger partial charge in [-0.15, -0.1) is 12.4 Å². The predicted molar refractivity (Wildman–Crippen MR) is 89.5 cm³/mol. The molecule has 0 atom stereocenters. The number of carboxylic acids is 1. The lowest BCUT2D eigenvalue weighted by Gasteiger charge is -2.34. The molecule has 1 aromatic carbocycles. The van der Waals surface area contributed by atoms with Crippen molar-refractivity contribution in [2.45, 2.75) is 13.3 Å². The van der Waals surface area contributed by atoms with Crippen molar-refractivity contribution in [2.24, 2.45) is 0 Å². The van der Waals surface area contributed by atoms with Gasteiger partial charge in [0.2, 0.25) is 0 Å². The molecule has 1 heterocycles. The first kappa shape index (κ1) is 19.3. The van der Waals surface area contributed by atoms with Crippen LogP contribution in [0.2, 0.25) is 0 Å². The molecule has 1 amide bonds. The summed E-state index contributed by atoms with van der Waals surface area (Å²) in [5.74, 6) is -0.200. The Morgan fingerprint density at radius 3 is 2.43 bits per heavy atom. The number of hydrogen-bond donors (Lipinski definition) is 1. The van der Waals surface area contributed by atoms with E-state index in [2.05, 4.69) is 4.90 Å². The highest BCUT2D eigenvalue weighted by atomic mass is 35.5. The number of aliphatic carboxylic acids is 1. The molecule has 0 radical (unpaired) electrons. The summed E-state index contributed by atoms with van der Waals surface area (Å²) in [5, 5.41) is 8.71. The lowest BCUT2D eigenvalue weighted by atomic mass is 10.1. The monoisotopic (exact) mass is 342 g/mol. The molecule has 1 aliphatic rings. The highest BCUT2D eigenvalue weighted by molar-refractivity contribution is 5.97. The van der Waals surface area contributed by atoms with E-state index >= 15 is 0 Å². The van der Waals surface area contributed by atoms with E-state index in [-0.39, 0.29) is 24.7 Å². The number of rotatable bonds is 6. The number of ether oxygens (including phenoxy) is 1. The normalized spacial score (nSPS) is 14.9. The van der Waals surface area contributed by atoms with Gasteiger partial charge in [0.15, 0.2) is 0 Å². The summed E-state index contributed by atoms with van der Waals surface area (Å²) in [6.45, 7) is 5.58. The number of para-hydroxylation sites is 1. The summed E-state index contributed by atoms with van der Waals surface area (Å²) in [6, 6.07) is 7.27. The minimum atomic E-state index is -0.788. The number of halogens is 1. The van der Waals surface area contributed by atoms with Crippen LogP contribution in [0.3, 0.4) is 0 Å². The molecule has 1 N–H and O–H groups in total. The summed E-state index contributed by atoms with van der Waals surface area (Å²) in [5.41, 5.74) is 0.586. The maximum Gasteiger partial charge on any atom is 0.304 e. The number of piperazine rings is 1. The van der Waals surface area contributed by atoms with Gasteiger partial charge in [-0.3, -0.25) is 14.5 Å². The van der Waals surface area contributed by atoms with E-state index in [9.17, 15) is 9.59 Å². The average molecular weight is 343 g/mol. The Labute approximate surface area is 142 Å². The molecule has 1 fully saturated rings. The van der Waals surface area contributed by atoms with E-state index in [0.717, 1.165) is 0 Å². The summed E-state index contributed by atoms with van der Waals surface area (Å²) in [4.78, 5) is 27.1. The number of carbonyl (C=O) groups excluding carboxylic acids is 1. The van der Waals surface area contributed by atoms with Crippen LogP contribution >= 0.6 is 12.4 Å². The van der Waals surface area contributed by atoms with Crippen molar-refractivity contribution >= 4 is 24.3 Å². The Hall–Kier alpha value is -1.79. The maximum absolute atomic E-state index is 12.6. The first-order chi connectivity index (χ1) is 10.6. The lowest BCUT2D eigenvalue weighted by molar-refractivity contribution is -0.137. The van der Waals surface area contributed by atoms with E-state index in [4.69, 9.17) is 9.84 Å². The molecular formula is C16H23ClN2O4. The first-order valence-corrected chi connectivity index (χ1v) is 7.57. The third kappa shape index (κ3) is 5.41. The van der Waals surface area contributed by atoms with Gasteiger partial charge in [0.05, 0.1) is 18.6 Å². The zero-order valence-electron chi connectivity index (χ0n) is 13.2. The Kier molecular flexibility index (Phi) is 7.85. The van der Waals surface area contributed by atoms with Crippen LogP contribution < -0.4 is 4.74 Å². The van der Waals surface area contributed by atoms with Gasteiger partial charge in [0, 0.05) is 32.7 Å². The summed E-state index contributed by atoms with van der Waals surface area (Å²) < 4.78 is 5.51. The molecular weight excluding hydrogens is 320 g/mol. The fourth-order valence-electron chi connectivity index (χ4n) is 2.52. The zero-order chi connectivity index (χ0) is 15.9. The fraction of sp³-hybridized carbons (Fsp3) is 0.500. The van der Waals surface area contributed by atoms with E-state index in [1.807, 2.05) is 19.1 Å². The molecule has 2 rings (SSSR count). The molecule has 0 saturated carbocycles. The molecule has 6 nitrogen and oxygen atoms in total. The highest BCUT2D eigenvalue weighted by Gasteiger charge is 2.24. The van der Waals surface area contributed by atoms with Crippen LogP contribution in [0.4, 0.5) is 0 Å². The molecule has 0 spiro atoms. The molecule has 0 aliphatic carbocycles. The van der Waals surface area contributed by atoms with Crippen molar-refractivity contribution in [1.82, 2.24) is 9.80 Å². The van der Waals surface area contributed by atoms with Crippen molar-refractivity contribution in [3.8, 4) is 5.75 Å². The quantitative estimate of drug-likeness (QED) is 0.852. The Balaban J connectivity index is 0.00000264. The Morgan fingerprint density at radius 2 is 1.83 bits per heavy atom. The standard InChI is InChI=1S/C16H22N2O4.ClH/c1-2-22-14-6-4-3-5-13(14)16(21)18-11-9-17(10-12-18)8-7-15(19)20;/h3-6H,2,7-12H2,1H3,(H,19,20);1H. The van der Waals surface area contributed by atoms with Crippen LogP contribution in [0.25, 0.3) is 0 Å². The Morgan fingerprint density at radius 1 is 1.17 bits per heavy atom. The van der Waals surface area contributed by atoms with Crippen molar-refractivity contribution in [2.75, 3.05) is 39.3 Å². The van der Waals surface area contributed by atoms with Gasteiger partial charge in [0.1, 0.15) is 5.75 Å². The summed E-state index contributed by atoms with van der Waals surface area (Å²) in [6.07, 6.45) is 0.140. The van der Waals surface area contributed by atoms with Gasteiger partial charge in [-0.05, 0) is 19.1 Å². The van der Waals surface area contributed by atoms with Crippen LogP contribution in [0.1, 0.15) is 23.7 Å². The number of nitrogens with zero attached hydrogens (tertiary/aromatic N) is 2. The van der Waals surface area contributed by atoms with Crippen molar-refractivity contribution in [1.29, 1.82) is 0 Å². The van der Waals surface area contributed by atoms with Crippen molar-refractivity contribution in [3.63, 3.8) is 0 Å². The molecule has 128 valence electrons. The second kappa shape index (κ2) is 9.37. The van der Waals surface area contributed by atoms with Crippen LogP contribution in [0.15, 0.2) is 24.3 Å². The second-order valence-electron chi connectivity index (χ2n) is 5.21. The zero-order valence-corrected chi connectivity index (χ0v) is 14.1. The van der Waals surface area contributed by atoms with E-state index in [0.29, 0.717) is 50.6 Å². The molecule has 1 aromatic rings. The molecule has 0 aromatic heterocycles. The SMILES string of the molecule is CCOc1ccccc1C(=O)N1CCN(CCC(=O)O)CC1.Cl. The number of carbonyl (C=O) groups is 2. The number of benzene rings is 1. The molecule has 1 aliphatic heterocycles. The van der Waals surface area contributed by atoms with Gasteiger partial charge in [0.25, 0.3) is 5.91 Å². The van der Waals surface area contributed by atoms with Gasteiger partial charge in [-0.1, -0.05) is 12.1 Å². The van der Waals surface area contributed by atoms with Crippen LogP contribution in [0.5, 0.6) is 5.75 Å². The largest absolute Gasteiger partial charge is 0.493 e. The third-order valence-corrected chi connectivity index (χ3v) is 3.72. The highest BCUT2D eigenvalue weighted by Crippen LogP contribution is 2.20. The van der Waals surface area contributed by atoms with E-state index < -0.39 is 5.97 Å². The van der Waals surface area contributed by atoms with Crippen molar-refractivity contribution in [3.05, 3.63) is 29.8 Å². The smallest absolute Gasteiger partial charge is 0.304 e. The molecule has 23 heavy (non-hydrogen) atoms. The average Bonchev–Trinajstić information content (AvgIpc) is 2.53. The van der Waals surface area contributed by atoms with Gasteiger partial charge >= 0.3 is 5.97 Å². The van der Waals surface area contributed by atoms with Crippen LogP contribution in [0, 0.1) is 0 Å². The van der Waals surface area contributed by atoms with E-state index in [1.54, 1.807) is 17.0 Å². The van der Waals surface area contributed by atoms with Gasteiger partial charge in [-0.25, -0.2) is 0 Å². The number of hydrogen-bond acceptors (Lipinski definition) is 4. The topological polar surface area (TPSA) is 70.1 Å². The van der Waals surface area contributed by atoms with Crippen LogP contribution in [-0.2, 0) is 4.79 Å². The minimum absolute atomic E-state index is 0. The van der Waals surface area contributed by atoms with Crippen molar-refractivity contribution < 1.29 is 19.4 Å². The minimum Gasteiger partial charge on any atom is -0.493 e. The van der Waals surface area contributed by atoms with E-state index in [1.165, 1.54) is 0 Å². The summed E-state index contributed by atoms with van der Waals surface area (Å²) in [7, 11) is 0. The molecule has 7 heteroatoms. The lowest BCUT2D eigenvalue weighted by Crippen LogP contribution is -2.49. The summed E-state index contributed by atoms with van der Waals surface area (Å²) >= 11 is 0.